The smallest absolute Gasteiger partial charge is 0.159 e. The van der Waals surface area contributed by atoms with E-state index in [1.165, 1.54) is 10.7 Å². The Balaban J connectivity index is 1.14. The zero-order chi connectivity index (χ0) is 24.5. The number of fused-ring (bicyclic) bond motifs is 1. The highest BCUT2D eigenvalue weighted by molar-refractivity contribution is 7.09. The highest BCUT2D eigenvalue weighted by Crippen LogP contribution is 2.32. The summed E-state index contributed by atoms with van der Waals surface area (Å²) in [6, 6.07) is 9.06. The Hall–Kier alpha value is -2.72. The summed E-state index contributed by atoms with van der Waals surface area (Å²) < 4.78 is 0. The number of likely N-dealkylation sites (tertiary alicyclic amines) is 1. The number of nitrogens with one attached hydrogen (secondary N) is 2. The van der Waals surface area contributed by atoms with Crippen LogP contribution in [0.25, 0.3) is 22.6 Å². The number of hydrogen-bond acceptors (Lipinski definition) is 8. The molecule has 0 unspecified atom stereocenters. The van der Waals surface area contributed by atoms with Crippen LogP contribution in [0, 0.1) is 0 Å². The molecule has 0 amide bonds. The highest BCUT2D eigenvalue weighted by atomic mass is 35.5. The molecule has 0 aliphatic carbocycles. The first kappa shape index (κ1) is 23.7. The lowest BCUT2D eigenvalue weighted by atomic mass is 10.1. The van der Waals surface area contributed by atoms with Gasteiger partial charge in [0.2, 0.25) is 0 Å². The number of piperazine rings is 1. The molecule has 0 spiro atoms. The summed E-state index contributed by atoms with van der Waals surface area (Å²) in [5.74, 6) is 0.811. The molecule has 3 aromatic heterocycles. The lowest BCUT2D eigenvalue weighted by molar-refractivity contribution is 0.249. The van der Waals surface area contributed by atoms with E-state index in [1.54, 1.807) is 17.5 Å². The van der Waals surface area contributed by atoms with E-state index >= 15 is 0 Å². The predicted molar refractivity (Wildman–Crippen MR) is 148 cm³/mol. The molecular formula is C26H31ClN8S. The van der Waals surface area contributed by atoms with Gasteiger partial charge >= 0.3 is 0 Å². The van der Waals surface area contributed by atoms with E-state index in [-0.39, 0.29) is 0 Å². The summed E-state index contributed by atoms with van der Waals surface area (Å²) in [7, 11) is 2.17. The maximum atomic E-state index is 6.56. The predicted octanol–water partition coefficient (Wildman–Crippen LogP) is 4.56. The number of rotatable bonds is 6. The van der Waals surface area contributed by atoms with E-state index in [0.29, 0.717) is 11.1 Å². The Morgan fingerprint density at radius 3 is 2.56 bits per heavy atom. The van der Waals surface area contributed by atoms with Gasteiger partial charge in [-0.3, -0.25) is 4.90 Å². The minimum atomic E-state index is 0.394. The second kappa shape index (κ2) is 10.3. The second-order valence-electron chi connectivity index (χ2n) is 9.72. The van der Waals surface area contributed by atoms with Crippen LogP contribution < -0.4 is 10.2 Å². The van der Waals surface area contributed by atoms with Crippen LogP contribution in [0.3, 0.4) is 0 Å². The van der Waals surface area contributed by atoms with Crippen LogP contribution in [-0.4, -0.2) is 82.1 Å². The minimum Gasteiger partial charge on any atom is -0.379 e. The summed E-state index contributed by atoms with van der Waals surface area (Å²) >= 11 is 8.29. The van der Waals surface area contributed by atoms with Gasteiger partial charge in [-0.25, -0.2) is 15.0 Å². The van der Waals surface area contributed by atoms with Gasteiger partial charge in [0.05, 0.1) is 23.5 Å². The maximum absolute atomic E-state index is 6.56. The molecule has 188 valence electrons. The maximum Gasteiger partial charge on any atom is 0.159 e. The molecule has 0 atom stereocenters. The van der Waals surface area contributed by atoms with Crippen LogP contribution in [0.4, 0.5) is 11.4 Å². The van der Waals surface area contributed by atoms with Crippen molar-refractivity contribution in [2.75, 3.05) is 56.5 Å². The molecule has 2 N–H and O–H groups in total. The SMILES string of the molecule is CN1CCC(Nc2c(Cl)cnc3[nH]c(-c4ccc(N5CCN(Cc6nccs6)CC5)cc4)nc23)CC1. The van der Waals surface area contributed by atoms with Crippen molar-refractivity contribution in [1.29, 1.82) is 0 Å². The number of imidazole rings is 1. The van der Waals surface area contributed by atoms with Crippen molar-refractivity contribution in [3.05, 3.63) is 52.1 Å². The number of nitrogens with zero attached hydrogens (tertiary/aromatic N) is 6. The lowest BCUT2D eigenvalue weighted by Crippen LogP contribution is -2.45. The van der Waals surface area contributed by atoms with Gasteiger partial charge in [0.25, 0.3) is 0 Å². The summed E-state index contributed by atoms with van der Waals surface area (Å²) in [5.41, 5.74) is 4.73. The first-order valence-electron chi connectivity index (χ1n) is 12.6. The van der Waals surface area contributed by atoms with E-state index in [2.05, 4.69) is 66.3 Å². The van der Waals surface area contributed by atoms with Crippen LogP contribution in [0.5, 0.6) is 0 Å². The molecule has 2 fully saturated rings. The summed E-state index contributed by atoms with van der Waals surface area (Å²) in [4.78, 5) is 24.5. The van der Waals surface area contributed by atoms with Gasteiger partial charge in [0.1, 0.15) is 16.3 Å². The number of aromatic nitrogens is 4. The molecular weight excluding hydrogens is 492 g/mol. The van der Waals surface area contributed by atoms with E-state index in [9.17, 15) is 0 Å². The number of aromatic amines is 1. The topological polar surface area (TPSA) is 76.2 Å². The fourth-order valence-electron chi connectivity index (χ4n) is 5.08. The van der Waals surface area contributed by atoms with Gasteiger partial charge < -0.3 is 20.1 Å². The van der Waals surface area contributed by atoms with Crippen molar-refractivity contribution in [3.8, 4) is 11.4 Å². The fourth-order valence-corrected chi connectivity index (χ4v) is 5.93. The molecule has 8 nitrogen and oxygen atoms in total. The van der Waals surface area contributed by atoms with Crippen molar-refractivity contribution >= 4 is 45.5 Å². The molecule has 4 aromatic rings. The van der Waals surface area contributed by atoms with Crippen LogP contribution in [-0.2, 0) is 6.54 Å². The van der Waals surface area contributed by atoms with E-state index in [1.807, 2.05) is 11.6 Å². The zero-order valence-electron chi connectivity index (χ0n) is 20.5. The Labute approximate surface area is 220 Å². The second-order valence-corrected chi connectivity index (χ2v) is 11.1. The number of halogens is 1. The first-order valence-corrected chi connectivity index (χ1v) is 13.8. The van der Waals surface area contributed by atoms with Crippen molar-refractivity contribution < 1.29 is 0 Å². The summed E-state index contributed by atoms with van der Waals surface area (Å²) in [6.07, 6.45) is 5.78. The number of benzene rings is 1. The Bertz CT molecular complexity index is 1290. The number of piperidine rings is 1. The third kappa shape index (κ3) is 5.06. The van der Waals surface area contributed by atoms with Gasteiger partial charge in [0.15, 0.2) is 5.65 Å². The molecule has 0 radical (unpaired) electrons. The van der Waals surface area contributed by atoms with Gasteiger partial charge in [-0.1, -0.05) is 11.6 Å². The average molecular weight is 523 g/mol. The van der Waals surface area contributed by atoms with Crippen LogP contribution in [0.15, 0.2) is 42.0 Å². The van der Waals surface area contributed by atoms with E-state index in [0.717, 1.165) is 86.9 Å². The number of hydrogen-bond donors (Lipinski definition) is 2. The highest BCUT2D eigenvalue weighted by Gasteiger charge is 2.21. The standard InChI is InChI=1S/C26H31ClN8S/c1-33-9-6-19(7-10-33)30-23-21(27)16-29-26-24(23)31-25(32-26)18-2-4-20(5-3-18)35-13-11-34(12-14-35)17-22-28-8-15-36-22/h2-5,8,15-16,19H,6-7,9-14,17H2,1H3,(H2,29,30,31,32). The molecule has 2 saturated heterocycles. The summed E-state index contributed by atoms with van der Waals surface area (Å²) in [6.45, 7) is 7.25. The number of pyridine rings is 1. The number of H-pyrrole nitrogens is 1. The number of thiazole rings is 1. The molecule has 5 heterocycles. The van der Waals surface area contributed by atoms with Crippen molar-refractivity contribution in [2.24, 2.45) is 0 Å². The van der Waals surface area contributed by atoms with E-state index < -0.39 is 0 Å². The largest absolute Gasteiger partial charge is 0.379 e. The molecule has 0 saturated carbocycles. The molecule has 36 heavy (non-hydrogen) atoms. The molecule has 10 heteroatoms. The Morgan fingerprint density at radius 1 is 1.06 bits per heavy atom. The normalized spacial score (nSPS) is 18.2. The summed E-state index contributed by atoms with van der Waals surface area (Å²) in [5, 5.41) is 7.51. The van der Waals surface area contributed by atoms with Crippen molar-refractivity contribution in [2.45, 2.75) is 25.4 Å². The Morgan fingerprint density at radius 2 is 1.83 bits per heavy atom. The van der Waals surface area contributed by atoms with E-state index in [4.69, 9.17) is 16.6 Å². The molecule has 2 aliphatic heterocycles. The molecule has 0 bridgehead atoms. The monoisotopic (exact) mass is 522 g/mol. The van der Waals surface area contributed by atoms with Gasteiger partial charge in [-0.15, -0.1) is 11.3 Å². The van der Waals surface area contributed by atoms with Crippen LogP contribution in [0.1, 0.15) is 17.8 Å². The minimum absolute atomic E-state index is 0.394. The molecule has 6 rings (SSSR count). The van der Waals surface area contributed by atoms with Crippen molar-refractivity contribution in [3.63, 3.8) is 0 Å². The Kier molecular flexibility index (Phi) is 6.79. The molecule has 1 aromatic carbocycles. The van der Waals surface area contributed by atoms with Gasteiger partial charge in [-0.2, -0.15) is 0 Å². The number of anilines is 2. The fraction of sp³-hybridized carbons (Fsp3) is 0.423. The van der Waals surface area contributed by atoms with Crippen molar-refractivity contribution in [1.82, 2.24) is 29.7 Å². The first-order chi connectivity index (χ1) is 17.6. The average Bonchev–Trinajstić information content (AvgIpc) is 3.58. The third-order valence-corrected chi connectivity index (χ3v) is 8.31. The van der Waals surface area contributed by atoms with Gasteiger partial charge in [-0.05, 0) is 57.2 Å². The zero-order valence-corrected chi connectivity index (χ0v) is 22.0. The van der Waals surface area contributed by atoms with Crippen LogP contribution in [0.2, 0.25) is 5.02 Å². The third-order valence-electron chi connectivity index (χ3n) is 7.25. The lowest BCUT2D eigenvalue weighted by Gasteiger charge is -2.35. The van der Waals surface area contributed by atoms with Gasteiger partial charge in [0, 0.05) is 55.0 Å². The molecule has 2 aliphatic rings. The van der Waals surface area contributed by atoms with Crippen LogP contribution >= 0.6 is 22.9 Å². The quantitative estimate of drug-likeness (QED) is 0.384.